The number of carbonyl (C=O) groups excluding carboxylic acids is 1. The maximum atomic E-state index is 12.8. The molecule has 5 heteroatoms. The summed E-state index contributed by atoms with van der Waals surface area (Å²) in [6.45, 7) is 11.0. The number of hydrogen-bond acceptors (Lipinski definition) is 4. The Bertz CT molecular complexity index is 664. The van der Waals surface area contributed by atoms with Crippen molar-refractivity contribution in [2.45, 2.75) is 27.7 Å². The summed E-state index contributed by atoms with van der Waals surface area (Å²) in [6, 6.07) is 11.7. The molecule has 1 aromatic carbocycles. The third kappa shape index (κ3) is 3.91. The van der Waals surface area contributed by atoms with E-state index in [4.69, 9.17) is 0 Å². The first-order valence-electron chi connectivity index (χ1n) is 8.63. The molecule has 0 radical (unpaired) electrons. The van der Waals surface area contributed by atoms with Crippen LogP contribution in [0.15, 0.2) is 36.4 Å². The fourth-order valence-corrected chi connectivity index (χ4v) is 2.62. The topological polar surface area (TPSA) is 49.3 Å². The highest BCUT2D eigenvalue weighted by Crippen LogP contribution is 2.21. The Hall–Kier alpha value is -2.43. The van der Waals surface area contributed by atoms with Crippen LogP contribution in [-0.4, -0.2) is 47.0 Å². The van der Waals surface area contributed by atoms with Gasteiger partial charge in [-0.2, -0.15) is 0 Å². The van der Waals surface area contributed by atoms with Gasteiger partial charge in [-0.1, -0.05) is 30.3 Å². The number of carbonyl (C=O) groups is 1. The van der Waals surface area contributed by atoms with Gasteiger partial charge in [0.15, 0.2) is 0 Å². The zero-order chi connectivity index (χ0) is 17.5. The van der Waals surface area contributed by atoms with Gasteiger partial charge in [-0.05, 0) is 33.8 Å². The van der Waals surface area contributed by atoms with Crippen LogP contribution in [0.25, 0.3) is 11.3 Å². The van der Waals surface area contributed by atoms with Gasteiger partial charge in [0, 0.05) is 31.7 Å². The molecule has 2 rings (SSSR count). The maximum absolute atomic E-state index is 12.8. The molecule has 0 atom stereocenters. The predicted octanol–water partition coefficient (Wildman–Crippen LogP) is 3.47. The van der Waals surface area contributed by atoms with Crippen LogP contribution in [0.5, 0.6) is 0 Å². The van der Waals surface area contributed by atoms with Crippen LogP contribution in [0.3, 0.4) is 0 Å². The number of hydrogen-bond donors (Lipinski definition) is 0. The monoisotopic (exact) mass is 326 g/mol. The van der Waals surface area contributed by atoms with Crippen molar-refractivity contribution >= 4 is 11.9 Å². The number of benzene rings is 1. The second-order valence-corrected chi connectivity index (χ2v) is 5.45. The summed E-state index contributed by atoms with van der Waals surface area (Å²) in [5.74, 6) is 0.560. The number of rotatable bonds is 7. The van der Waals surface area contributed by atoms with E-state index in [1.54, 1.807) is 11.0 Å². The summed E-state index contributed by atoms with van der Waals surface area (Å²) in [6.07, 6.45) is 0. The maximum Gasteiger partial charge on any atom is 0.272 e. The molecule has 0 bridgehead atoms. The zero-order valence-corrected chi connectivity index (χ0v) is 15.0. The lowest BCUT2D eigenvalue weighted by Crippen LogP contribution is -2.32. The minimum Gasteiger partial charge on any atom is -0.341 e. The van der Waals surface area contributed by atoms with Crippen LogP contribution in [0.4, 0.5) is 5.95 Å². The minimum atomic E-state index is -0.0482. The molecule has 1 amide bonds. The average Bonchev–Trinajstić information content (AvgIpc) is 2.64. The average molecular weight is 326 g/mol. The number of anilines is 1. The lowest BCUT2D eigenvalue weighted by molar-refractivity contribution is 0.0767. The smallest absolute Gasteiger partial charge is 0.272 e. The van der Waals surface area contributed by atoms with Gasteiger partial charge in [-0.25, -0.2) is 9.97 Å². The third-order valence-corrected chi connectivity index (χ3v) is 4.10. The first-order valence-corrected chi connectivity index (χ1v) is 8.63. The molecule has 1 aromatic heterocycles. The molecule has 0 aliphatic carbocycles. The Kier molecular flexibility index (Phi) is 6.29. The van der Waals surface area contributed by atoms with E-state index < -0.39 is 0 Å². The first kappa shape index (κ1) is 17.9. The Morgan fingerprint density at radius 1 is 0.917 bits per heavy atom. The highest BCUT2D eigenvalue weighted by Gasteiger charge is 2.18. The largest absolute Gasteiger partial charge is 0.341 e. The van der Waals surface area contributed by atoms with Crippen molar-refractivity contribution in [3.63, 3.8) is 0 Å². The van der Waals surface area contributed by atoms with Crippen LogP contribution < -0.4 is 4.90 Å². The molecule has 128 valence electrons. The molecule has 0 N–H and O–H groups in total. The number of nitrogens with zero attached hydrogens (tertiary/aromatic N) is 4. The van der Waals surface area contributed by atoms with E-state index in [0.717, 1.165) is 24.3 Å². The second kappa shape index (κ2) is 8.43. The quantitative estimate of drug-likeness (QED) is 0.782. The van der Waals surface area contributed by atoms with Gasteiger partial charge in [-0.3, -0.25) is 4.79 Å². The van der Waals surface area contributed by atoms with Crippen LogP contribution >= 0.6 is 0 Å². The van der Waals surface area contributed by atoms with Crippen LogP contribution in [0.2, 0.25) is 0 Å². The first-order chi connectivity index (χ1) is 11.6. The standard InChI is InChI=1S/C19H26N4O/c1-5-22(6-2)18(24)17-14-16(15-12-10-9-11-13-15)20-19(21-17)23(7-3)8-4/h9-14H,5-8H2,1-4H3. The molecule has 24 heavy (non-hydrogen) atoms. The van der Waals surface area contributed by atoms with E-state index in [0.29, 0.717) is 24.7 Å². The normalized spacial score (nSPS) is 10.5. The van der Waals surface area contributed by atoms with Gasteiger partial charge in [0.2, 0.25) is 5.95 Å². The molecule has 1 heterocycles. The molecule has 0 aliphatic rings. The molecule has 0 saturated heterocycles. The Morgan fingerprint density at radius 3 is 2.08 bits per heavy atom. The van der Waals surface area contributed by atoms with Crippen LogP contribution in [-0.2, 0) is 0 Å². The van der Waals surface area contributed by atoms with Gasteiger partial charge in [0.25, 0.3) is 5.91 Å². The molecule has 0 spiro atoms. The second-order valence-electron chi connectivity index (χ2n) is 5.45. The summed E-state index contributed by atoms with van der Waals surface area (Å²) in [4.78, 5) is 25.8. The van der Waals surface area contributed by atoms with Crippen molar-refractivity contribution in [3.8, 4) is 11.3 Å². The van der Waals surface area contributed by atoms with E-state index in [2.05, 4.69) is 28.7 Å². The fraction of sp³-hybridized carbons (Fsp3) is 0.421. The van der Waals surface area contributed by atoms with Crippen LogP contribution in [0, 0.1) is 0 Å². The molecule has 0 saturated carbocycles. The van der Waals surface area contributed by atoms with Gasteiger partial charge in [-0.15, -0.1) is 0 Å². The number of aromatic nitrogens is 2. The Balaban J connectivity index is 2.54. The minimum absolute atomic E-state index is 0.0482. The highest BCUT2D eigenvalue weighted by atomic mass is 16.2. The Labute approximate surface area is 144 Å². The predicted molar refractivity (Wildman–Crippen MR) is 98.3 cm³/mol. The van der Waals surface area contributed by atoms with Gasteiger partial charge in [0.05, 0.1) is 5.69 Å². The summed E-state index contributed by atoms with van der Waals surface area (Å²) in [5.41, 5.74) is 2.22. The summed E-state index contributed by atoms with van der Waals surface area (Å²) < 4.78 is 0. The molecule has 0 fully saturated rings. The van der Waals surface area contributed by atoms with Crippen molar-refractivity contribution in [3.05, 3.63) is 42.1 Å². The summed E-state index contributed by atoms with van der Waals surface area (Å²) in [5, 5.41) is 0. The molecule has 5 nitrogen and oxygen atoms in total. The lowest BCUT2D eigenvalue weighted by Gasteiger charge is -2.22. The van der Waals surface area contributed by atoms with Crippen molar-refractivity contribution in [2.75, 3.05) is 31.1 Å². The zero-order valence-electron chi connectivity index (χ0n) is 15.0. The van der Waals surface area contributed by atoms with Crippen molar-refractivity contribution in [1.82, 2.24) is 14.9 Å². The molecule has 0 unspecified atom stereocenters. The molecular weight excluding hydrogens is 300 g/mol. The molecule has 2 aromatic rings. The number of amides is 1. The highest BCUT2D eigenvalue weighted by molar-refractivity contribution is 5.93. The van der Waals surface area contributed by atoms with E-state index in [1.807, 2.05) is 44.2 Å². The van der Waals surface area contributed by atoms with E-state index in [1.165, 1.54) is 0 Å². The Morgan fingerprint density at radius 2 is 1.54 bits per heavy atom. The fourth-order valence-electron chi connectivity index (χ4n) is 2.62. The van der Waals surface area contributed by atoms with Gasteiger partial charge >= 0.3 is 0 Å². The van der Waals surface area contributed by atoms with E-state index in [9.17, 15) is 4.79 Å². The van der Waals surface area contributed by atoms with Crippen molar-refractivity contribution < 1.29 is 4.79 Å². The molecular formula is C19H26N4O. The summed E-state index contributed by atoms with van der Waals surface area (Å²) in [7, 11) is 0. The molecule has 0 aliphatic heterocycles. The van der Waals surface area contributed by atoms with Gasteiger partial charge < -0.3 is 9.80 Å². The summed E-state index contributed by atoms with van der Waals surface area (Å²) >= 11 is 0. The van der Waals surface area contributed by atoms with E-state index in [-0.39, 0.29) is 5.91 Å². The lowest BCUT2D eigenvalue weighted by atomic mass is 10.1. The van der Waals surface area contributed by atoms with E-state index >= 15 is 0 Å². The van der Waals surface area contributed by atoms with Gasteiger partial charge in [0.1, 0.15) is 5.69 Å². The van der Waals surface area contributed by atoms with Crippen LogP contribution in [0.1, 0.15) is 38.2 Å². The SMILES string of the molecule is CCN(CC)C(=O)c1cc(-c2ccccc2)nc(N(CC)CC)n1. The van der Waals surface area contributed by atoms with Crippen molar-refractivity contribution in [1.29, 1.82) is 0 Å². The van der Waals surface area contributed by atoms with Crippen molar-refractivity contribution in [2.24, 2.45) is 0 Å². The third-order valence-electron chi connectivity index (χ3n) is 4.10.